The van der Waals surface area contributed by atoms with E-state index in [0.717, 1.165) is 12.8 Å². The minimum Gasteiger partial charge on any atom is -0.478 e. The molecule has 0 heterocycles. The molecule has 0 radical (unpaired) electrons. The average Bonchev–Trinajstić information content (AvgIpc) is 2.95. The zero-order valence-corrected chi connectivity index (χ0v) is 27.2. The van der Waals surface area contributed by atoms with E-state index in [-0.39, 0.29) is 23.3 Å². The van der Waals surface area contributed by atoms with Crippen LogP contribution in [0.3, 0.4) is 0 Å². The Bertz CT molecular complexity index is 1230. The molecule has 0 aliphatic rings. The van der Waals surface area contributed by atoms with Crippen molar-refractivity contribution in [2.45, 2.75) is 72.2 Å². The highest BCUT2D eigenvalue weighted by Crippen LogP contribution is 2.19. The first-order valence-corrected chi connectivity index (χ1v) is 16.0. The Morgan fingerprint density at radius 3 is 1.77 bits per heavy atom. The summed E-state index contributed by atoms with van der Waals surface area (Å²) >= 11 is 0. The van der Waals surface area contributed by atoms with Gasteiger partial charge in [0.2, 0.25) is 0 Å². The maximum Gasteiger partial charge on any atom is 0.397 e. The van der Waals surface area contributed by atoms with Gasteiger partial charge >= 0.3 is 16.4 Å². The highest BCUT2D eigenvalue weighted by Gasteiger charge is 2.24. The molecule has 5 unspecified atom stereocenters. The van der Waals surface area contributed by atoms with Crippen LogP contribution in [0.4, 0.5) is 0 Å². The fourth-order valence-corrected chi connectivity index (χ4v) is 4.16. The molecule has 0 aliphatic heterocycles. The monoisotopic (exact) mass is 630 g/mol. The molecule has 0 saturated carbocycles. The predicted molar refractivity (Wildman–Crippen MR) is 179 cm³/mol. The molecule has 0 fully saturated rings. The van der Waals surface area contributed by atoms with Gasteiger partial charge < -0.3 is 15.3 Å². The van der Waals surface area contributed by atoms with Crippen molar-refractivity contribution in [3.05, 3.63) is 121 Å². The smallest absolute Gasteiger partial charge is 0.397 e. The first-order valence-electron chi connectivity index (χ1n) is 14.7. The lowest BCUT2D eigenvalue weighted by atomic mass is 9.88. The van der Waals surface area contributed by atoms with Gasteiger partial charge in [-0.3, -0.25) is 4.55 Å². The van der Waals surface area contributed by atoms with E-state index in [1.807, 2.05) is 88.5 Å². The largest absolute Gasteiger partial charge is 0.478 e. The normalized spacial score (nSPS) is 17.8. The number of aliphatic hydroxyl groups is 2. The van der Waals surface area contributed by atoms with Crippen molar-refractivity contribution in [3.8, 4) is 0 Å². The SMILES string of the molecule is CC(=CC=CC=CCCC=CC(C)C(O)C(C)C(O)C=CC=CC=CC=CC=CC=CCC(OS(=O)(=O)O)C(C)C)C(=O)O. The van der Waals surface area contributed by atoms with Crippen LogP contribution in [0.2, 0.25) is 0 Å². The van der Waals surface area contributed by atoms with E-state index in [1.165, 1.54) is 6.92 Å². The number of hydrogen-bond acceptors (Lipinski definition) is 6. The summed E-state index contributed by atoms with van der Waals surface area (Å²) < 4.78 is 35.3. The van der Waals surface area contributed by atoms with Gasteiger partial charge in [0.15, 0.2) is 0 Å². The van der Waals surface area contributed by atoms with Crippen molar-refractivity contribution in [2.24, 2.45) is 17.8 Å². The Labute approximate surface area is 264 Å². The van der Waals surface area contributed by atoms with E-state index in [0.29, 0.717) is 6.42 Å². The fraction of sp³-hybridized carbons (Fsp3) is 0.400. The van der Waals surface area contributed by atoms with Crippen LogP contribution < -0.4 is 0 Å². The first-order chi connectivity index (χ1) is 20.8. The zero-order valence-electron chi connectivity index (χ0n) is 26.4. The molecule has 244 valence electrons. The van der Waals surface area contributed by atoms with E-state index < -0.39 is 34.7 Å². The van der Waals surface area contributed by atoms with E-state index in [2.05, 4.69) is 4.18 Å². The molecule has 5 atom stereocenters. The topological polar surface area (TPSA) is 141 Å². The minimum absolute atomic E-state index is 0.0733. The maximum absolute atomic E-state index is 10.9. The van der Waals surface area contributed by atoms with Gasteiger partial charge in [-0.2, -0.15) is 8.42 Å². The van der Waals surface area contributed by atoms with Gasteiger partial charge in [-0.25, -0.2) is 8.98 Å². The summed E-state index contributed by atoms with van der Waals surface area (Å²) in [6, 6.07) is 0. The molecule has 4 N–H and O–H groups in total. The number of carboxylic acid groups (broad SMARTS) is 1. The van der Waals surface area contributed by atoms with Crippen LogP contribution in [0, 0.1) is 17.8 Å². The fourth-order valence-electron chi connectivity index (χ4n) is 3.54. The van der Waals surface area contributed by atoms with E-state index in [9.17, 15) is 23.4 Å². The molecular formula is C35H50O8S. The molecule has 0 bridgehead atoms. The Balaban J connectivity index is 4.45. The second-order valence-corrected chi connectivity index (χ2v) is 11.6. The third-order valence-electron chi connectivity index (χ3n) is 6.40. The standard InChI is InChI=1S/C35H50O8S/c1-28(2)33(43-44(40,41)42)27-23-19-15-10-8-6-7-9-14-18-22-26-32(36)31(5)34(37)29(3)24-20-16-12-11-13-17-21-25-30(4)35(38)39/h6-11,13-15,17-26,28-29,31-34,36-37H,12,16,27H2,1-5H3,(H,38,39)(H,40,41,42). The number of aliphatic hydroxyl groups excluding tert-OH is 2. The van der Waals surface area contributed by atoms with Crippen molar-refractivity contribution in [1.29, 1.82) is 0 Å². The summed E-state index contributed by atoms with van der Waals surface area (Å²) in [7, 11) is -4.48. The van der Waals surface area contributed by atoms with Crippen LogP contribution in [-0.2, 0) is 19.4 Å². The van der Waals surface area contributed by atoms with Crippen LogP contribution in [-0.4, -0.2) is 52.6 Å². The first kappa shape index (κ1) is 40.7. The Morgan fingerprint density at radius 2 is 1.23 bits per heavy atom. The lowest BCUT2D eigenvalue weighted by Gasteiger charge is -2.25. The van der Waals surface area contributed by atoms with Crippen LogP contribution in [0.25, 0.3) is 0 Å². The molecule has 0 aliphatic carbocycles. The summed E-state index contributed by atoms with van der Waals surface area (Å²) in [6.07, 6.45) is 34.2. The summed E-state index contributed by atoms with van der Waals surface area (Å²) in [6.45, 7) is 8.89. The third kappa shape index (κ3) is 22.2. The molecule has 8 nitrogen and oxygen atoms in total. The Hall–Kier alpha value is -3.34. The second kappa shape index (κ2) is 24.0. The molecule has 0 amide bonds. The van der Waals surface area contributed by atoms with Crippen molar-refractivity contribution >= 4 is 16.4 Å². The predicted octanol–water partition coefficient (Wildman–Crippen LogP) is 7.03. The summed E-state index contributed by atoms with van der Waals surface area (Å²) in [5.74, 6) is -1.48. The van der Waals surface area contributed by atoms with Crippen LogP contribution in [0.5, 0.6) is 0 Å². The molecule has 0 spiro atoms. The number of allylic oxidation sites excluding steroid dienone is 16. The van der Waals surface area contributed by atoms with Gasteiger partial charge in [0, 0.05) is 17.4 Å². The molecule has 0 aromatic carbocycles. The van der Waals surface area contributed by atoms with Crippen molar-refractivity contribution in [2.75, 3.05) is 0 Å². The summed E-state index contributed by atoms with van der Waals surface area (Å²) in [5, 5.41) is 29.8. The molecule has 0 aromatic rings. The number of rotatable bonds is 21. The quantitative estimate of drug-likeness (QED) is 0.0348. The van der Waals surface area contributed by atoms with Gasteiger partial charge in [0.05, 0.1) is 18.3 Å². The van der Waals surface area contributed by atoms with Crippen LogP contribution in [0.15, 0.2) is 121 Å². The van der Waals surface area contributed by atoms with E-state index >= 15 is 0 Å². The van der Waals surface area contributed by atoms with Crippen LogP contribution in [0.1, 0.15) is 53.9 Å². The molecule has 0 saturated heterocycles. The molecule has 9 heteroatoms. The Kier molecular flexibility index (Phi) is 22.2. The summed E-state index contributed by atoms with van der Waals surface area (Å²) in [5.41, 5.74) is 0.277. The number of unbranched alkanes of at least 4 members (excludes halogenated alkanes) is 1. The van der Waals surface area contributed by atoms with Gasteiger partial charge in [-0.1, -0.05) is 143 Å². The molecule has 0 aromatic heterocycles. The Morgan fingerprint density at radius 1 is 0.727 bits per heavy atom. The number of carboxylic acids is 1. The molecule has 0 rings (SSSR count). The van der Waals surface area contributed by atoms with Crippen molar-refractivity contribution < 1.29 is 37.3 Å². The van der Waals surface area contributed by atoms with Gasteiger partial charge in [-0.05, 0) is 32.1 Å². The maximum atomic E-state index is 10.9. The number of aliphatic carboxylic acids is 1. The number of hydrogen-bond donors (Lipinski definition) is 4. The van der Waals surface area contributed by atoms with E-state index in [4.69, 9.17) is 9.66 Å². The molecular weight excluding hydrogens is 580 g/mol. The second-order valence-electron chi connectivity index (χ2n) is 10.6. The van der Waals surface area contributed by atoms with Crippen molar-refractivity contribution in [1.82, 2.24) is 0 Å². The summed E-state index contributed by atoms with van der Waals surface area (Å²) in [4.78, 5) is 10.7. The third-order valence-corrected chi connectivity index (χ3v) is 6.89. The highest BCUT2D eigenvalue weighted by molar-refractivity contribution is 7.80. The highest BCUT2D eigenvalue weighted by atomic mass is 32.3. The lowest BCUT2D eigenvalue weighted by molar-refractivity contribution is -0.132. The van der Waals surface area contributed by atoms with E-state index in [1.54, 1.807) is 54.7 Å². The zero-order chi connectivity index (χ0) is 33.4. The minimum atomic E-state index is -4.48. The lowest BCUT2D eigenvalue weighted by Crippen LogP contribution is -2.32. The van der Waals surface area contributed by atoms with Gasteiger partial charge in [0.25, 0.3) is 0 Å². The van der Waals surface area contributed by atoms with Gasteiger partial charge in [-0.15, -0.1) is 0 Å². The van der Waals surface area contributed by atoms with Gasteiger partial charge in [0.1, 0.15) is 0 Å². The average molecular weight is 631 g/mol. The van der Waals surface area contributed by atoms with Crippen molar-refractivity contribution in [3.63, 3.8) is 0 Å². The number of carbonyl (C=O) groups is 1. The van der Waals surface area contributed by atoms with Crippen LogP contribution >= 0.6 is 0 Å². The molecule has 44 heavy (non-hydrogen) atoms.